The molecule has 7 nitrogen and oxygen atoms in total. The third kappa shape index (κ3) is 5.11. The number of ketones is 1. The van der Waals surface area contributed by atoms with Gasteiger partial charge in [0.2, 0.25) is 11.7 Å². The van der Waals surface area contributed by atoms with Crippen molar-refractivity contribution in [3.05, 3.63) is 47.0 Å². The highest BCUT2D eigenvalue weighted by Crippen LogP contribution is 2.38. The van der Waals surface area contributed by atoms with Crippen molar-refractivity contribution in [1.29, 1.82) is 0 Å². The fourth-order valence-corrected chi connectivity index (χ4v) is 2.91. The Bertz CT molecular complexity index is 939. The monoisotopic (exact) mass is 413 g/mol. The Morgan fingerprint density at radius 1 is 0.900 bits per heavy atom. The summed E-state index contributed by atoms with van der Waals surface area (Å²) in [5, 5.41) is 2.80. The van der Waals surface area contributed by atoms with E-state index in [0.717, 1.165) is 5.56 Å². The van der Waals surface area contributed by atoms with Gasteiger partial charge in [-0.1, -0.05) is 13.0 Å². The van der Waals surface area contributed by atoms with Crippen LogP contribution >= 0.6 is 0 Å². The van der Waals surface area contributed by atoms with E-state index >= 15 is 0 Å². The molecule has 0 atom stereocenters. The first-order valence-electron chi connectivity index (χ1n) is 9.39. The van der Waals surface area contributed by atoms with Crippen LogP contribution < -0.4 is 24.3 Å². The maximum absolute atomic E-state index is 13.0. The number of ether oxygens (including phenoxy) is 4. The van der Waals surface area contributed by atoms with Crippen LogP contribution in [0.1, 0.15) is 36.2 Å². The molecule has 0 saturated heterocycles. The van der Waals surface area contributed by atoms with Crippen molar-refractivity contribution in [3.8, 4) is 23.0 Å². The molecule has 0 unspecified atom stereocenters. The third-order valence-corrected chi connectivity index (χ3v) is 4.49. The van der Waals surface area contributed by atoms with Gasteiger partial charge in [0.05, 0.1) is 34.1 Å². The van der Waals surface area contributed by atoms with Gasteiger partial charge < -0.3 is 24.3 Å². The minimum atomic E-state index is -0.191. The molecule has 0 bridgehead atoms. The normalized spacial score (nSPS) is 10.9. The smallest absolute Gasteiger partial charge is 0.224 e. The van der Waals surface area contributed by atoms with Crippen LogP contribution in [0.25, 0.3) is 6.08 Å². The lowest BCUT2D eigenvalue weighted by Gasteiger charge is -2.14. The van der Waals surface area contributed by atoms with E-state index in [4.69, 9.17) is 18.9 Å². The van der Waals surface area contributed by atoms with E-state index in [0.29, 0.717) is 46.2 Å². The number of rotatable bonds is 9. The van der Waals surface area contributed by atoms with Crippen molar-refractivity contribution in [3.63, 3.8) is 0 Å². The quantitative estimate of drug-likeness (QED) is 0.486. The second-order valence-electron chi connectivity index (χ2n) is 6.43. The summed E-state index contributed by atoms with van der Waals surface area (Å²) in [6, 6.07) is 8.54. The summed E-state index contributed by atoms with van der Waals surface area (Å²) in [6.07, 6.45) is 2.09. The van der Waals surface area contributed by atoms with Gasteiger partial charge in [0.25, 0.3) is 0 Å². The average molecular weight is 413 g/mol. The van der Waals surface area contributed by atoms with E-state index in [1.54, 1.807) is 44.2 Å². The van der Waals surface area contributed by atoms with Crippen LogP contribution in [0.3, 0.4) is 0 Å². The van der Waals surface area contributed by atoms with E-state index in [1.807, 2.05) is 6.07 Å². The molecule has 0 spiro atoms. The predicted molar refractivity (Wildman–Crippen MR) is 116 cm³/mol. The lowest BCUT2D eigenvalue weighted by molar-refractivity contribution is -0.115. The SMILES string of the molecule is CCC(=O)Nc1cc(C=C(C)C(=O)c2cc(OC)c(OC)c(OC)c2)ccc1OC. The van der Waals surface area contributed by atoms with E-state index in [2.05, 4.69) is 5.32 Å². The molecule has 0 saturated carbocycles. The summed E-state index contributed by atoms with van der Waals surface area (Å²) < 4.78 is 21.3. The molecule has 0 aliphatic rings. The Labute approximate surface area is 176 Å². The standard InChI is InChI=1S/C23H27NO6/c1-7-21(25)24-17-11-15(8-9-18(17)27-3)10-14(2)22(26)16-12-19(28-4)23(30-6)20(13-16)29-5/h8-13H,7H2,1-6H3,(H,24,25). The van der Waals surface area contributed by atoms with Gasteiger partial charge in [-0.25, -0.2) is 0 Å². The molecule has 0 aliphatic heterocycles. The summed E-state index contributed by atoms with van der Waals surface area (Å²) in [4.78, 5) is 24.8. The van der Waals surface area contributed by atoms with E-state index < -0.39 is 0 Å². The van der Waals surface area contributed by atoms with E-state index in [1.165, 1.54) is 28.4 Å². The van der Waals surface area contributed by atoms with Gasteiger partial charge in [-0.2, -0.15) is 0 Å². The highest BCUT2D eigenvalue weighted by Gasteiger charge is 2.18. The molecule has 2 aromatic carbocycles. The van der Waals surface area contributed by atoms with Crippen LogP contribution in [-0.4, -0.2) is 40.1 Å². The molecular formula is C23H27NO6. The summed E-state index contributed by atoms with van der Waals surface area (Å²) in [5.41, 5.74) is 2.21. The first kappa shape index (κ1) is 22.8. The molecule has 30 heavy (non-hydrogen) atoms. The van der Waals surface area contributed by atoms with Crippen LogP contribution in [0.2, 0.25) is 0 Å². The molecule has 2 rings (SSSR count). The predicted octanol–water partition coefficient (Wildman–Crippen LogP) is 4.36. The number of anilines is 1. The summed E-state index contributed by atoms with van der Waals surface area (Å²) in [7, 11) is 6.03. The second kappa shape index (κ2) is 10.3. The number of carbonyl (C=O) groups excluding carboxylic acids is 2. The maximum Gasteiger partial charge on any atom is 0.224 e. The minimum Gasteiger partial charge on any atom is -0.495 e. The van der Waals surface area contributed by atoms with Crippen LogP contribution in [0, 0.1) is 0 Å². The molecule has 2 aromatic rings. The van der Waals surface area contributed by atoms with Crippen LogP contribution in [-0.2, 0) is 4.79 Å². The van der Waals surface area contributed by atoms with Crippen LogP contribution in [0.15, 0.2) is 35.9 Å². The van der Waals surface area contributed by atoms with Crippen molar-refractivity contribution in [2.75, 3.05) is 33.8 Å². The van der Waals surface area contributed by atoms with Crippen molar-refractivity contribution in [1.82, 2.24) is 0 Å². The number of hydrogen-bond acceptors (Lipinski definition) is 6. The zero-order chi connectivity index (χ0) is 22.3. The van der Waals surface area contributed by atoms with Gasteiger partial charge >= 0.3 is 0 Å². The number of allylic oxidation sites excluding steroid dienone is 1. The third-order valence-electron chi connectivity index (χ3n) is 4.49. The summed E-state index contributed by atoms with van der Waals surface area (Å²) in [6.45, 7) is 3.49. The highest BCUT2D eigenvalue weighted by molar-refractivity contribution is 6.11. The van der Waals surface area contributed by atoms with Gasteiger partial charge in [-0.3, -0.25) is 9.59 Å². The molecule has 0 aliphatic carbocycles. The second-order valence-corrected chi connectivity index (χ2v) is 6.43. The van der Waals surface area contributed by atoms with Gasteiger partial charge in [0.15, 0.2) is 17.3 Å². The first-order chi connectivity index (χ1) is 14.4. The van der Waals surface area contributed by atoms with E-state index in [-0.39, 0.29) is 11.7 Å². The molecule has 160 valence electrons. The number of benzene rings is 2. The Hall–Kier alpha value is -3.48. The Kier molecular flexibility index (Phi) is 7.86. The molecule has 1 amide bonds. The fourth-order valence-electron chi connectivity index (χ4n) is 2.91. The lowest BCUT2D eigenvalue weighted by atomic mass is 10.0. The van der Waals surface area contributed by atoms with Crippen LogP contribution in [0.5, 0.6) is 23.0 Å². The fraction of sp³-hybridized carbons (Fsp3) is 0.304. The number of nitrogens with one attached hydrogen (secondary N) is 1. The summed E-state index contributed by atoms with van der Waals surface area (Å²) >= 11 is 0. The zero-order valence-electron chi connectivity index (χ0n) is 18.1. The number of Topliss-reactive ketones (excluding diaryl/α,β-unsaturated/α-hetero) is 1. The molecular weight excluding hydrogens is 386 g/mol. The average Bonchev–Trinajstić information content (AvgIpc) is 2.77. The van der Waals surface area contributed by atoms with Crippen LogP contribution in [0.4, 0.5) is 5.69 Å². The molecule has 0 fully saturated rings. The number of carbonyl (C=O) groups is 2. The first-order valence-corrected chi connectivity index (χ1v) is 9.39. The maximum atomic E-state index is 13.0. The Morgan fingerprint density at radius 3 is 2.00 bits per heavy atom. The molecule has 0 heterocycles. The zero-order valence-corrected chi connectivity index (χ0v) is 18.1. The van der Waals surface area contributed by atoms with Gasteiger partial charge in [-0.05, 0) is 48.4 Å². The largest absolute Gasteiger partial charge is 0.495 e. The van der Waals surface area contributed by atoms with E-state index in [9.17, 15) is 9.59 Å². The number of methoxy groups -OCH3 is 4. The van der Waals surface area contributed by atoms with Crippen molar-refractivity contribution >= 4 is 23.5 Å². The van der Waals surface area contributed by atoms with Gasteiger partial charge in [0, 0.05) is 12.0 Å². The Balaban J connectivity index is 2.40. The molecule has 7 heteroatoms. The Morgan fingerprint density at radius 2 is 1.50 bits per heavy atom. The summed E-state index contributed by atoms with van der Waals surface area (Å²) in [5.74, 6) is 1.46. The van der Waals surface area contributed by atoms with Crippen molar-refractivity contribution in [2.24, 2.45) is 0 Å². The molecule has 0 radical (unpaired) electrons. The topological polar surface area (TPSA) is 83.1 Å². The van der Waals surface area contributed by atoms with Gasteiger partial charge in [0.1, 0.15) is 5.75 Å². The molecule has 0 aromatic heterocycles. The minimum absolute atomic E-state index is 0.125. The van der Waals surface area contributed by atoms with Gasteiger partial charge in [-0.15, -0.1) is 0 Å². The molecule has 1 N–H and O–H groups in total. The highest BCUT2D eigenvalue weighted by atomic mass is 16.5. The van der Waals surface area contributed by atoms with Crippen molar-refractivity contribution in [2.45, 2.75) is 20.3 Å². The number of amides is 1. The number of hydrogen-bond donors (Lipinski definition) is 1. The van der Waals surface area contributed by atoms with Crippen molar-refractivity contribution < 1.29 is 28.5 Å². The lowest BCUT2D eigenvalue weighted by Crippen LogP contribution is -2.10.